The summed E-state index contributed by atoms with van der Waals surface area (Å²) in [6.45, 7) is 2.09. The number of aromatic nitrogens is 3. The molecule has 1 N–H and O–H groups in total. The van der Waals surface area contributed by atoms with E-state index >= 15 is 0 Å². The summed E-state index contributed by atoms with van der Waals surface area (Å²) < 4.78 is 0.957. The average Bonchev–Trinajstić information content (AvgIpc) is 2.82. The minimum absolute atomic E-state index is 0.756. The SMILES string of the molecule is Cc1ccsc1-c1nc2ncc(Br)cc2[nH]1. The molecule has 0 aromatic carbocycles. The van der Waals surface area contributed by atoms with E-state index in [9.17, 15) is 0 Å². The van der Waals surface area contributed by atoms with Gasteiger partial charge in [0.15, 0.2) is 11.5 Å². The third kappa shape index (κ3) is 1.56. The first kappa shape index (κ1) is 9.99. The van der Waals surface area contributed by atoms with E-state index in [4.69, 9.17) is 0 Å². The van der Waals surface area contributed by atoms with Gasteiger partial charge in [-0.25, -0.2) is 9.97 Å². The second kappa shape index (κ2) is 3.68. The number of imidazole rings is 1. The Hall–Kier alpha value is -1.20. The van der Waals surface area contributed by atoms with E-state index in [0.29, 0.717) is 0 Å². The molecule has 5 heteroatoms. The molecule has 0 atom stereocenters. The predicted molar refractivity (Wildman–Crippen MR) is 69.6 cm³/mol. The molecule has 3 aromatic heterocycles. The van der Waals surface area contributed by atoms with Crippen LogP contribution in [0.4, 0.5) is 0 Å². The molecule has 0 saturated heterocycles. The molecular weight excluding hydrogens is 286 g/mol. The highest BCUT2D eigenvalue weighted by Crippen LogP contribution is 2.28. The molecule has 0 aliphatic heterocycles. The zero-order valence-corrected chi connectivity index (χ0v) is 10.9. The van der Waals surface area contributed by atoms with Crippen LogP contribution in [0.15, 0.2) is 28.2 Å². The van der Waals surface area contributed by atoms with Gasteiger partial charge >= 0.3 is 0 Å². The summed E-state index contributed by atoms with van der Waals surface area (Å²) in [5.74, 6) is 0.896. The normalized spacial score (nSPS) is 11.1. The van der Waals surface area contributed by atoms with Gasteiger partial charge in [-0.05, 0) is 45.9 Å². The Morgan fingerprint density at radius 1 is 1.44 bits per heavy atom. The summed E-state index contributed by atoms with van der Waals surface area (Å²) in [5, 5.41) is 2.07. The first-order chi connectivity index (χ1) is 7.74. The molecule has 3 rings (SSSR count). The Kier molecular flexibility index (Phi) is 2.29. The van der Waals surface area contributed by atoms with Crippen LogP contribution < -0.4 is 0 Å². The summed E-state index contributed by atoms with van der Waals surface area (Å²) in [5.41, 5.74) is 2.95. The van der Waals surface area contributed by atoms with Gasteiger partial charge < -0.3 is 4.98 Å². The van der Waals surface area contributed by atoms with E-state index < -0.39 is 0 Å². The van der Waals surface area contributed by atoms with Crippen molar-refractivity contribution in [2.75, 3.05) is 0 Å². The van der Waals surface area contributed by atoms with Crippen LogP contribution in [0.25, 0.3) is 21.9 Å². The third-order valence-corrected chi connectivity index (χ3v) is 3.84. The van der Waals surface area contributed by atoms with Crippen molar-refractivity contribution in [2.45, 2.75) is 6.92 Å². The summed E-state index contributed by atoms with van der Waals surface area (Å²) in [6, 6.07) is 4.08. The maximum atomic E-state index is 4.48. The highest BCUT2D eigenvalue weighted by molar-refractivity contribution is 9.10. The number of pyridine rings is 1. The number of nitrogens with zero attached hydrogens (tertiary/aromatic N) is 2. The van der Waals surface area contributed by atoms with Crippen molar-refractivity contribution in [1.29, 1.82) is 0 Å². The van der Waals surface area contributed by atoms with E-state index in [-0.39, 0.29) is 0 Å². The number of fused-ring (bicyclic) bond motifs is 1. The van der Waals surface area contributed by atoms with E-state index in [0.717, 1.165) is 21.5 Å². The van der Waals surface area contributed by atoms with Gasteiger partial charge in [-0.2, -0.15) is 0 Å². The number of aryl methyl sites for hydroxylation is 1. The number of aromatic amines is 1. The lowest BCUT2D eigenvalue weighted by atomic mass is 10.3. The number of nitrogens with one attached hydrogen (secondary N) is 1. The zero-order valence-electron chi connectivity index (χ0n) is 8.49. The lowest BCUT2D eigenvalue weighted by Crippen LogP contribution is -1.77. The first-order valence-electron chi connectivity index (χ1n) is 4.80. The molecule has 0 unspecified atom stereocenters. The highest BCUT2D eigenvalue weighted by Gasteiger charge is 2.09. The molecule has 3 heterocycles. The average molecular weight is 294 g/mol. The van der Waals surface area contributed by atoms with Crippen molar-refractivity contribution in [3.05, 3.63) is 33.7 Å². The molecule has 0 amide bonds. The lowest BCUT2D eigenvalue weighted by Gasteiger charge is -1.91. The number of halogens is 1. The fourth-order valence-electron chi connectivity index (χ4n) is 1.60. The molecule has 0 aliphatic carbocycles. The van der Waals surface area contributed by atoms with Crippen LogP contribution >= 0.6 is 27.3 Å². The molecule has 0 aliphatic rings. The number of H-pyrrole nitrogens is 1. The standard InChI is InChI=1S/C11H8BrN3S/c1-6-2-3-16-9(6)11-14-8-4-7(12)5-13-10(8)15-11/h2-5H,1H3,(H,13,14,15). The predicted octanol–water partition coefficient (Wildman–Crippen LogP) is 3.76. The Bertz CT molecular complexity index is 656. The van der Waals surface area contributed by atoms with E-state index in [1.54, 1.807) is 17.5 Å². The largest absolute Gasteiger partial charge is 0.336 e. The van der Waals surface area contributed by atoms with Crippen LogP contribution in [0.3, 0.4) is 0 Å². The molecule has 0 saturated carbocycles. The van der Waals surface area contributed by atoms with Crippen LogP contribution in [0, 0.1) is 6.92 Å². The van der Waals surface area contributed by atoms with Crippen LogP contribution in [0.5, 0.6) is 0 Å². The van der Waals surface area contributed by atoms with Gasteiger partial charge in [0.2, 0.25) is 0 Å². The molecule has 80 valence electrons. The van der Waals surface area contributed by atoms with Gasteiger partial charge in [0, 0.05) is 10.7 Å². The van der Waals surface area contributed by atoms with Crippen LogP contribution in [-0.2, 0) is 0 Å². The van der Waals surface area contributed by atoms with Gasteiger partial charge in [-0.3, -0.25) is 0 Å². The van der Waals surface area contributed by atoms with Crippen molar-refractivity contribution in [2.24, 2.45) is 0 Å². The summed E-state index contributed by atoms with van der Waals surface area (Å²) in [6.07, 6.45) is 1.76. The van der Waals surface area contributed by atoms with E-state index in [1.807, 2.05) is 6.07 Å². The molecule has 0 fully saturated rings. The summed E-state index contributed by atoms with van der Waals surface area (Å²) in [7, 11) is 0. The minimum atomic E-state index is 0.756. The van der Waals surface area contributed by atoms with Crippen molar-refractivity contribution in [1.82, 2.24) is 15.0 Å². The van der Waals surface area contributed by atoms with Gasteiger partial charge in [-0.1, -0.05) is 0 Å². The maximum absolute atomic E-state index is 4.48. The Labute approximate surface area is 105 Å². The Morgan fingerprint density at radius 2 is 2.31 bits per heavy atom. The van der Waals surface area contributed by atoms with Gasteiger partial charge in [0.25, 0.3) is 0 Å². The van der Waals surface area contributed by atoms with E-state index in [1.165, 1.54) is 10.4 Å². The number of hydrogen-bond donors (Lipinski definition) is 1. The minimum Gasteiger partial charge on any atom is -0.336 e. The Morgan fingerprint density at radius 3 is 3.06 bits per heavy atom. The molecule has 3 aromatic rings. The smallest absolute Gasteiger partial charge is 0.178 e. The fourth-order valence-corrected chi connectivity index (χ4v) is 2.80. The van der Waals surface area contributed by atoms with Crippen LogP contribution in [0.2, 0.25) is 0 Å². The highest BCUT2D eigenvalue weighted by atomic mass is 79.9. The zero-order chi connectivity index (χ0) is 11.1. The topological polar surface area (TPSA) is 41.6 Å². The molecule has 0 radical (unpaired) electrons. The van der Waals surface area contributed by atoms with Gasteiger partial charge in [0.05, 0.1) is 10.4 Å². The lowest BCUT2D eigenvalue weighted by molar-refractivity contribution is 1.30. The van der Waals surface area contributed by atoms with Crippen LogP contribution in [0.1, 0.15) is 5.56 Å². The quantitative estimate of drug-likeness (QED) is 0.742. The fraction of sp³-hybridized carbons (Fsp3) is 0.0909. The van der Waals surface area contributed by atoms with Crippen molar-refractivity contribution >= 4 is 38.4 Å². The van der Waals surface area contributed by atoms with Crippen LogP contribution in [-0.4, -0.2) is 15.0 Å². The number of rotatable bonds is 1. The molecule has 3 nitrogen and oxygen atoms in total. The second-order valence-corrected chi connectivity index (χ2v) is 5.37. The molecule has 0 bridgehead atoms. The van der Waals surface area contributed by atoms with Gasteiger partial charge in [0.1, 0.15) is 0 Å². The van der Waals surface area contributed by atoms with E-state index in [2.05, 4.69) is 49.3 Å². The third-order valence-electron chi connectivity index (χ3n) is 2.38. The second-order valence-electron chi connectivity index (χ2n) is 3.54. The summed E-state index contributed by atoms with van der Waals surface area (Å²) >= 11 is 5.09. The molecular formula is C11H8BrN3S. The van der Waals surface area contributed by atoms with Gasteiger partial charge in [-0.15, -0.1) is 11.3 Å². The number of hydrogen-bond acceptors (Lipinski definition) is 3. The van der Waals surface area contributed by atoms with Crippen molar-refractivity contribution in [3.63, 3.8) is 0 Å². The summed E-state index contributed by atoms with van der Waals surface area (Å²) in [4.78, 5) is 13.2. The number of thiophene rings is 1. The van der Waals surface area contributed by atoms with Crippen molar-refractivity contribution < 1.29 is 0 Å². The maximum Gasteiger partial charge on any atom is 0.178 e. The molecule has 16 heavy (non-hydrogen) atoms. The monoisotopic (exact) mass is 293 g/mol. The molecule has 0 spiro atoms. The first-order valence-corrected chi connectivity index (χ1v) is 6.47. The van der Waals surface area contributed by atoms with Crippen molar-refractivity contribution in [3.8, 4) is 10.7 Å². The Balaban J connectivity index is 2.23.